The highest BCUT2D eigenvalue weighted by Gasteiger charge is 2.17. The van der Waals surface area contributed by atoms with Crippen molar-refractivity contribution in [2.24, 2.45) is 7.05 Å². The molecule has 26 heavy (non-hydrogen) atoms. The van der Waals surface area contributed by atoms with E-state index in [0.29, 0.717) is 12.2 Å². The standard InChI is InChI=1S/C20H22N4O2/c1-23(13-10-15-8-11-21-12-9-15)20(25)18-14-19(24(2)22-18)16-4-6-17(26-3)7-5-16/h4-9,11-12,14H,10,13H2,1-3H3. The zero-order chi connectivity index (χ0) is 18.5. The zero-order valence-electron chi connectivity index (χ0n) is 15.2. The van der Waals surface area contributed by atoms with Crippen LogP contribution in [0.2, 0.25) is 0 Å². The van der Waals surface area contributed by atoms with Crippen LogP contribution >= 0.6 is 0 Å². The number of amides is 1. The lowest BCUT2D eigenvalue weighted by Gasteiger charge is -2.15. The van der Waals surface area contributed by atoms with Crippen molar-refractivity contribution >= 4 is 5.91 Å². The average Bonchev–Trinajstić information content (AvgIpc) is 3.08. The number of likely N-dealkylation sites (N-methyl/N-ethyl adjacent to an activating group) is 1. The minimum atomic E-state index is -0.0885. The molecule has 1 aromatic carbocycles. The number of aryl methyl sites for hydroxylation is 1. The molecule has 1 amide bonds. The maximum atomic E-state index is 12.7. The van der Waals surface area contributed by atoms with E-state index in [1.807, 2.05) is 49.5 Å². The molecular formula is C20H22N4O2. The van der Waals surface area contributed by atoms with Gasteiger partial charge in [-0.2, -0.15) is 5.10 Å². The number of nitrogens with zero attached hydrogens (tertiary/aromatic N) is 4. The van der Waals surface area contributed by atoms with Crippen molar-refractivity contribution in [3.8, 4) is 17.0 Å². The number of carbonyl (C=O) groups is 1. The molecule has 0 saturated carbocycles. The highest BCUT2D eigenvalue weighted by molar-refractivity contribution is 5.93. The molecule has 3 aromatic rings. The molecule has 6 heteroatoms. The third-order valence-corrected chi connectivity index (χ3v) is 4.32. The molecular weight excluding hydrogens is 328 g/mol. The number of hydrogen-bond donors (Lipinski definition) is 0. The van der Waals surface area contributed by atoms with Gasteiger partial charge in [-0.05, 0) is 54.4 Å². The van der Waals surface area contributed by atoms with Crippen LogP contribution in [0.4, 0.5) is 0 Å². The van der Waals surface area contributed by atoms with Gasteiger partial charge >= 0.3 is 0 Å². The third kappa shape index (κ3) is 3.91. The van der Waals surface area contributed by atoms with Crippen molar-refractivity contribution in [1.29, 1.82) is 0 Å². The van der Waals surface area contributed by atoms with Gasteiger partial charge in [0.2, 0.25) is 0 Å². The molecule has 3 rings (SSSR count). The second kappa shape index (κ2) is 7.82. The highest BCUT2D eigenvalue weighted by atomic mass is 16.5. The van der Waals surface area contributed by atoms with Gasteiger partial charge in [0.15, 0.2) is 5.69 Å². The topological polar surface area (TPSA) is 60.2 Å². The Labute approximate surface area is 153 Å². The molecule has 0 aliphatic rings. The Morgan fingerprint density at radius 3 is 2.50 bits per heavy atom. The summed E-state index contributed by atoms with van der Waals surface area (Å²) in [6.45, 7) is 0.622. The van der Waals surface area contributed by atoms with E-state index >= 15 is 0 Å². The lowest BCUT2D eigenvalue weighted by atomic mass is 10.1. The van der Waals surface area contributed by atoms with E-state index in [1.54, 1.807) is 36.1 Å². The Kier molecular flexibility index (Phi) is 5.31. The molecule has 2 aromatic heterocycles. The van der Waals surface area contributed by atoms with E-state index in [-0.39, 0.29) is 5.91 Å². The van der Waals surface area contributed by atoms with E-state index in [9.17, 15) is 4.79 Å². The van der Waals surface area contributed by atoms with E-state index in [1.165, 1.54) is 0 Å². The number of ether oxygens (including phenoxy) is 1. The molecule has 0 spiro atoms. The monoisotopic (exact) mass is 350 g/mol. The fourth-order valence-electron chi connectivity index (χ4n) is 2.75. The molecule has 134 valence electrons. The van der Waals surface area contributed by atoms with Crippen LogP contribution in [0.1, 0.15) is 16.1 Å². The number of carbonyl (C=O) groups excluding carboxylic acids is 1. The lowest BCUT2D eigenvalue weighted by molar-refractivity contribution is 0.0790. The van der Waals surface area contributed by atoms with E-state index in [4.69, 9.17) is 4.74 Å². The molecule has 0 fully saturated rings. The van der Waals surface area contributed by atoms with Gasteiger partial charge in [0.05, 0.1) is 12.8 Å². The largest absolute Gasteiger partial charge is 0.497 e. The third-order valence-electron chi connectivity index (χ3n) is 4.32. The van der Waals surface area contributed by atoms with Gasteiger partial charge in [-0.3, -0.25) is 14.5 Å². The van der Waals surface area contributed by atoms with Gasteiger partial charge in [-0.15, -0.1) is 0 Å². The number of pyridine rings is 1. The molecule has 0 N–H and O–H groups in total. The lowest BCUT2D eigenvalue weighted by Crippen LogP contribution is -2.29. The Morgan fingerprint density at radius 1 is 1.15 bits per heavy atom. The molecule has 0 saturated heterocycles. The molecule has 0 aliphatic carbocycles. The maximum absolute atomic E-state index is 12.7. The minimum Gasteiger partial charge on any atom is -0.497 e. The second-order valence-corrected chi connectivity index (χ2v) is 6.10. The highest BCUT2D eigenvalue weighted by Crippen LogP contribution is 2.23. The summed E-state index contributed by atoms with van der Waals surface area (Å²) in [7, 11) is 5.27. The summed E-state index contributed by atoms with van der Waals surface area (Å²) in [6, 6.07) is 13.4. The fourth-order valence-corrected chi connectivity index (χ4v) is 2.75. The average molecular weight is 350 g/mol. The summed E-state index contributed by atoms with van der Waals surface area (Å²) in [4.78, 5) is 18.4. The molecule has 6 nitrogen and oxygen atoms in total. The van der Waals surface area contributed by atoms with Gasteiger partial charge in [0.25, 0.3) is 5.91 Å². The molecule has 0 atom stereocenters. The van der Waals surface area contributed by atoms with Crippen LogP contribution in [0, 0.1) is 0 Å². The summed E-state index contributed by atoms with van der Waals surface area (Å²) in [5.41, 5.74) is 3.47. The SMILES string of the molecule is COc1ccc(-c2cc(C(=O)N(C)CCc3ccncc3)nn2C)cc1. The number of rotatable bonds is 6. The molecule has 0 unspecified atom stereocenters. The first-order chi connectivity index (χ1) is 12.6. The van der Waals surface area contributed by atoms with Crippen LogP contribution in [0.15, 0.2) is 54.9 Å². The van der Waals surface area contributed by atoms with Crippen molar-refractivity contribution in [2.75, 3.05) is 20.7 Å². The smallest absolute Gasteiger partial charge is 0.274 e. The van der Waals surface area contributed by atoms with Gasteiger partial charge < -0.3 is 9.64 Å². The number of methoxy groups -OCH3 is 1. The van der Waals surface area contributed by atoms with Gasteiger partial charge in [0.1, 0.15) is 5.75 Å². The Bertz CT molecular complexity index is 873. The Hall–Kier alpha value is -3.15. The fraction of sp³-hybridized carbons (Fsp3) is 0.250. The van der Waals surface area contributed by atoms with Gasteiger partial charge in [0, 0.05) is 38.6 Å². The van der Waals surface area contributed by atoms with E-state index in [0.717, 1.165) is 29.0 Å². The van der Waals surface area contributed by atoms with Crippen LogP contribution < -0.4 is 4.74 Å². The molecule has 0 aliphatic heterocycles. The first-order valence-electron chi connectivity index (χ1n) is 8.41. The summed E-state index contributed by atoms with van der Waals surface area (Å²) in [5.74, 6) is 0.706. The van der Waals surface area contributed by atoms with Gasteiger partial charge in [-0.1, -0.05) is 0 Å². The van der Waals surface area contributed by atoms with Crippen LogP contribution in [-0.2, 0) is 13.5 Å². The zero-order valence-corrected chi connectivity index (χ0v) is 15.2. The van der Waals surface area contributed by atoms with Gasteiger partial charge in [-0.25, -0.2) is 0 Å². The van der Waals surface area contributed by atoms with Crippen molar-refractivity contribution in [3.05, 3.63) is 66.1 Å². The van der Waals surface area contributed by atoms with Crippen molar-refractivity contribution in [3.63, 3.8) is 0 Å². The molecule has 2 heterocycles. The Morgan fingerprint density at radius 2 is 1.85 bits per heavy atom. The van der Waals surface area contributed by atoms with Crippen molar-refractivity contribution < 1.29 is 9.53 Å². The summed E-state index contributed by atoms with van der Waals surface area (Å²) < 4.78 is 6.91. The van der Waals surface area contributed by atoms with E-state index in [2.05, 4.69) is 10.1 Å². The number of aromatic nitrogens is 3. The number of benzene rings is 1. The molecule has 0 radical (unpaired) electrons. The van der Waals surface area contributed by atoms with Crippen LogP contribution in [0.25, 0.3) is 11.3 Å². The second-order valence-electron chi connectivity index (χ2n) is 6.10. The summed E-state index contributed by atoms with van der Waals surface area (Å²) in [5, 5.41) is 4.39. The quantitative estimate of drug-likeness (QED) is 0.686. The summed E-state index contributed by atoms with van der Waals surface area (Å²) in [6.07, 6.45) is 4.30. The molecule has 0 bridgehead atoms. The van der Waals surface area contributed by atoms with Crippen LogP contribution in [-0.4, -0.2) is 46.3 Å². The predicted molar refractivity (Wildman–Crippen MR) is 100 cm³/mol. The maximum Gasteiger partial charge on any atom is 0.274 e. The number of hydrogen-bond acceptors (Lipinski definition) is 4. The first kappa shape index (κ1) is 17.7. The minimum absolute atomic E-state index is 0.0885. The first-order valence-corrected chi connectivity index (χ1v) is 8.41. The van der Waals surface area contributed by atoms with Crippen molar-refractivity contribution in [1.82, 2.24) is 19.7 Å². The Balaban J connectivity index is 1.71. The van der Waals surface area contributed by atoms with Crippen molar-refractivity contribution in [2.45, 2.75) is 6.42 Å². The van der Waals surface area contributed by atoms with Crippen LogP contribution in [0.3, 0.4) is 0 Å². The summed E-state index contributed by atoms with van der Waals surface area (Å²) >= 11 is 0. The van der Waals surface area contributed by atoms with Crippen LogP contribution in [0.5, 0.6) is 5.75 Å². The predicted octanol–water partition coefficient (Wildman–Crippen LogP) is 2.81. The van der Waals surface area contributed by atoms with E-state index < -0.39 is 0 Å². The normalized spacial score (nSPS) is 10.6.